The van der Waals surface area contributed by atoms with Crippen molar-refractivity contribution in [3.8, 4) is 34.4 Å². The van der Waals surface area contributed by atoms with E-state index in [4.69, 9.17) is 0 Å². The summed E-state index contributed by atoms with van der Waals surface area (Å²) in [5.74, 6) is 0. The minimum atomic E-state index is -0.0759. The molecule has 2 aliphatic rings. The van der Waals surface area contributed by atoms with Crippen LogP contribution in [-0.4, -0.2) is 6.71 Å². The zero-order valence-corrected chi connectivity index (χ0v) is 24.7. The molecule has 5 heteroatoms. The smallest absolute Gasteiger partial charge is 0.192 e. The molecule has 194 valence electrons. The number of benzene rings is 5. The number of nitrogens with zero attached hydrogens (tertiary/aromatic N) is 2. The lowest BCUT2D eigenvalue weighted by Crippen LogP contribution is -2.58. The quantitative estimate of drug-likeness (QED) is 0.205. The van der Waals surface area contributed by atoms with Gasteiger partial charge in [-0.25, -0.2) is 0 Å². The Hall–Kier alpha value is -4.16. The molecule has 0 atom stereocenters. The molecule has 2 aliphatic heterocycles. The Labute approximate surface area is 250 Å². The molecule has 0 saturated heterocycles. The summed E-state index contributed by atoms with van der Waals surface area (Å²) >= 11 is 3.44. The van der Waals surface area contributed by atoms with Crippen molar-refractivity contribution in [3.05, 3.63) is 114 Å². The summed E-state index contributed by atoms with van der Waals surface area (Å²) < 4.78 is 0. The summed E-state index contributed by atoms with van der Waals surface area (Å²) in [7, 11) is 0. The van der Waals surface area contributed by atoms with Crippen LogP contribution < -0.4 is 16.4 Å². The molecule has 0 saturated carbocycles. The van der Waals surface area contributed by atoms with Gasteiger partial charge in [0, 0.05) is 19.6 Å². The molecule has 0 bridgehead atoms. The van der Waals surface area contributed by atoms with Crippen LogP contribution in [0.5, 0.6) is 0 Å². The molecule has 2 nitrogen and oxygen atoms in total. The van der Waals surface area contributed by atoms with Gasteiger partial charge in [0.2, 0.25) is 6.71 Å². The number of hydrogen-bond donors (Lipinski definition) is 0. The summed E-state index contributed by atoms with van der Waals surface area (Å²) in [6.07, 6.45) is 0. The first-order chi connectivity index (χ1) is 19.9. The SMILES string of the molecule is CC(C)(C)c1cc2c3c(c1)Sc1c(C#N)cc(-c4ccccc4)cc1B3c1cc(-c3ccccc3)cc(C#N)c1S2. The molecule has 0 amide bonds. The highest BCUT2D eigenvalue weighted by molar-refractivity contribution is 8.01. The summed E-state index contributed by atoms with van der Waals surface area (Å²) in [5, 5.41) is 20.8. The molecule has 7 rings (SSSR count). The molecule has 0 N–H and O–H groups in total. The van der Waals surface area contributed by atoms with Gasteiger partial charge >= 0.3 is 0 Å². The van der Waals surface area contributed by atoms with Crippen LogP contribution in [0.3, 0.4) is 0 Å². The molecule has 5 aromatic rings. The van der Waals surface area contributed by atoms with Crippen molar-refractivity contribution in [2.75, 3.05) is 0 Å². The summed E-state index contributed by atoms with van der Waals surface area (Å²) in [6.45, 7) is 6.64. The van der Waals surface area contributed by atoms with Crippen molar-refractivity contribution < 1.29 is 0 Å². The molecule has 5 aromatic carbocycles. The second-order valence-electron chi connectivity index (χ2n) is 11.6. The Morgan fingerprint density at radius 1 is 0.585 bits per heavy atom. The molecule has 41 heavy (non-hydrogen) atoms. The maximum absolute atomic E-state index is 10.4. The van der Waals surface area contributed by atoms with Gasteiger partial charge in [-0.2, -0.15) is 10.5 Å². The third kappa shape index (κ3) is 4.29. The zero-order valence-electron chi connectivity index (χ0n) is 23.0. The van der Waals surface area contributed by atoms with E-state index in [1.807, 2.05) is 48.5 Å². The first kappa shape index (κ1) is 25.8. The van der Waals surface area contributed by atoms with E-state index < -0.39 is 0 Å². The van der Waals surface area contributed by atoms with Crippen LogP contribution >= 0.6 is 23.5 Å². The van der Waals surface area contributed by atoms with Crippen molar-refractivity contribution in [3.63, 3.8) is 0 Å². The largest absolute Gasteiger partial charge is 0.247 e. The van der Waals surface area contributed by atoms with E-state index in [0.717, 1.165) is 43.0 Å². The molecule has 0 radical (unpaired) electrons. The molecule has 0 spiro atoms. The van der Waals surface area contributed by atoms with Crippen LogP contribution in [0.15, 0.2) is 117 Å². The second-order valence-corrected chi connectivity index (χ2v) is 13.7. The molecule has 0 aromatic heterocycles. The fourth-order valence-corrected chi connectivity index (χ4v) is 8.48. The van der Waals surface area contributed by atoms with Gasteiger partial charge in [0.05, 0.1) is 11.1 Å². The topological polar surface area (TPSA) is 47.6 Å². The Morgan fingerprint density at radius 2 is 1.02 bits per heavy atom. The van der Waals surface area contributed by atoms with Crippen molar-refractivity contribution in [1.82, 2.24) is 0 Å². The van der Waals surface area contributed by atoms with Crippen LogP contribution in [-0.2, 0) is 5.41 Å². The standard InChI is InChI=1S/C36H25BN2S2/c1-36(2,3)28-18-31-33-32(19-28)41-35-27(21-39)15-25(23-12-8-5-9-13-23)17-30(35)37(33)29-16-24(22-10-6-4-7-11-22)14-26(20-38)34(29)40-31/h4-19H,1-3H3. The van der Waals surface area contributed by atoms with Crippen molar-refractivity contribution in [2.24, 2.45) is 0 Å². The van der Waals surface area contributed by atoms with Gasteiger partial charge in [-0.1, -0.05) is 128 Å². The maximum atomic E-state index is 10.4. The van der Waals surface area contributed by atoms with Crippen molar-refractivity contribution in [1.29, 1.82) is 10.5 Å². The number of fused-ring (bicyclic) bond motifs is 4. The molecular weight excluding hydrogens is 535 g/mol. The summed E-state index contributed by atoms with van der Waals surface area (Å²) in [4.78, 5) is 4.44. The first-order valence-corrected chi connectivity index (χ1v) is 15.3. The number of rotatable bonds is 2. The number of nitriles is 2. The minimum absolute atomic E-state index is 0.0346. The Balaban J connectivity index is 1.56. The lowest BCUT2D eigenvalue weighted by Gasteiger charge is -2.35. The fourth-order valence-electron chi connectivity index (χ4n) is 5.91. The molecular formula is C36H25BN2S2. The lowest BCUT2D eigenvalue weighted by molar-refractivity contribution is 0.587. The van der Waals surface area contributed by atoms with Crippen molar-refractivity contribution >= 4 is 46.6 Å². The van der Waals surface area contributed by atoms with E-state index in [1.54, 1.807) is 23.5 Å². The van der Waals surface area contributed by atoms with Gasteiger partial charge in [-0.05, 0) is 63.0 Å². The fraction of sp³-hybridized carbons (Fsp3) is 0.111. The lowest BCUT2D eigenvalue weighted by atomic mass is 9.36. The van der Waals surface area contributed by atoms with Gasteiger partial charge in [-0.15, -0.1) is 0 Å². The minimum Gasteiger partial charge on any atom is -0.192 e. The van der Waals surface area contributed by atoms with E-state index in [-0.39, 0.29) is 12.1 Å². The van der Waals surface area contributed by atoms with Gasteiger partial charge in [0.1, 0.15) is 12.1 Å². The van der Waals surface area contributed by atoms with Gasteiger partial charge in [0.15, 0.2) is 0 Å². The van der Waals surface area contributed by atoms with Gasteiger partial charge < -0.3 is 0 Å². The van der Waals surface area contributed by atoms with E-state index >= 15 is 0 Å². The van der Waals surface area contributed by atoms with Crippen LogP contribution in [0.1, 0.15) is 37.5 Å². The number of hydrogen-bond acceptors (Lipinski definition) is 4. The van der Waals surface area contributed by atoms with Crippen LogP contribution in [0.2, 0.25) is 0 Å². The third-order valence-corrected chi connectivity index (χ3v) is 10.4. The van der Waals surface area contributed by atoms with Crippen LogP contribution in [0.4, 0.5) is 0 Å². The Kier molecular flexibility index (Phi) is 6.13. The molecule has 0 aliphatic carbocycles. The summed E-state index contributed by atoms with van der Waals surface area (Å²) in [5.41, 5.74) is 10.4. The summed E-state index contributed by atoms with van der Waals surface area (Å²) in [6, 6.07) is 38.9. The second kappa shape index (κ2) is 9.74. The van der Waals surface area contributed by atoms with Crippen LogP contribution in [0.25, 0.3) is 22.3 Å². The predicted octanol–water partition coefficient (Wildman–Crippen LogP) is 7.51. The highest BCUT2D eigenvalue weighted by Crippen LogP contribution is 2.44. The Bertz CT molecular complexity index is 1810. The molecule has 2 heterocycles. The van der Waals surface area contributed by atoms with Crippen LogP contribution in [0, 0.1) is 22.7 Å². The van der Waals surface area contributed by atoms with Gasteiger partial charge in [0.25, 0.3) is 0 Å². The normalized spacial score (nSPS) is 13.0. The van der Waals surface area contributed by atoms with E-state index in [2.05, 4.69) is 81.4 Å². The predicted molar refractivity (Wildman–Crippen MR) is 171 cm³/mol. The maximum Gasteiger partial charge on any atom is 0.247 e. The average Bonchev–Trinajstić information content (AvgIpc) is 3.00. The average molecular weight is 561 g/mol. The molecule has 0 fully saturated rings. The zero-order chi connectivity index (χ0) is 28.3. The Morgan fingerprint density at radius 3 is 1.41 bits per heavy atom. The van der Waals surface area contributed by atoms with Gasteiger partial charge in [-0.3, -0.25) is 0 Å². The highest BCUT2D eigenvalue weighted by atomic mass is 32.2. The highest BCUT2D eigenvalue weighted by Gasteiger charge is 2.41. The molecule has 0 unspecified atom stereocenters. The van der Waals surface area contributed by atoms with E-state index in [9.17, 15) is 10.5 Å². The third-order valence-electron chi connectivity index (χ3n) is 8.00. The van der Waals surface area contributed by atoms with E-state index in [1.165, 1.54) is 20.8 Å². The van der Waals surface area contributed by atoms with Crippen molar-refractivity contribution in [2.45, 2.75) is 45.8 Å². The van der Waals surface area contributed by atoms with E-state index in [0.29, 0.717) is 11.1 Å². The first-order valence-electron chi connectivity index (χ1n) is 13.7. The monoisotopic (exact) mass is 560 g/mol.